The van der Waals surface area contributed by atoms with Crippen LogP contribution in [0.5, 0.6) is 0 Å². The number of amides is 1. The minimum atomic E-state index is -0.230. The second-order valence-corrected chi connectivity index (χ2v) is 7.19. The van der Waals surface area contributed by atoms with E-state index in [0.717, 1.165) is 23.6 Å². The third-order valence-electron chi connectivity index (χ3n) is 4.95. The van der Waals surface area contributed by atoms with E-state index in [0.29, 0.717) is 31.9 Å². The second-order valence-electron chi connectivity index (χ2n) is 7.19. The number of H-pyrrole nitrogens is 1. The van der Waals surface area contributed by atoms with Crippen LogP contribution < -0.4 is 5.32 Å². The summed E-state index contributed by atoms with van der Waals surface area (Å²) in [6.07, 6.45) is 1.03. The van der Waals surface area contributed by atoms with Crippen LogP contribution in [0.4, 0.5) is 11.6 Å². The Morgan fingerprint density at radius 2 is 2.07 bits per heavy atom. The zero-order chi connectivity index (χ0) is 20.1. The van der Waals surface area contributed by atoms with Gasteiger partial charge in [0.2, 0.25) is 5.91 Å². The first-order chi connectivity index (χ1) is 14.2. The zero-order valence-electron chi connectivity index (χ0n) is 16.5. The fourth-order valence-electron chi connectivity index (χ4n) is 3.42. The number of hydrogen-bond donors (Lipinski definition) is 2. The van der Waals surface area contributed by atoms with E-state index < -0.39 is 0 Å². The quantitative estimate of drug-likeness (QED) is 0.673. The van der Waals surface area contributed by atoms with Crippen LogP contribution in [-0.2, 0) is 16.0 Å². The van der Waals surface area contributed by atoms with Gasteiger partial charge in [0.05, 0.1) is 18.8 Å². The maximum Gasteiger partial charge on any atom is 0.223 e. The molecule has 1 aliphatic heterocycles. The molecule has 150 valence electrons. The average Bonchev–Trinajstić information content (AvgIpc) is 3.17. The van der Waals surface area contributed by atoms with Gasteiger partial charge in [-0.15, -0.1) is 0 Å². The lowest BCUT2D eigenvalue weighted by atomic mass is 10.1. The molecular formula is C22H25N5O2. The van der Waals surface area contributed by atoms with E-state index >= 15 is 0 Å². The molecule has 3 aromatic rings. The number of rotatable bonds is 6. The van der Waals surface area contributed by atoms with Gasteiger partial charge in [0.15, 0.2) is 5.82 Å². The molecule has 2 aromatic heterocycles. The van der Waals surface area contributed by atoms with Gasteiger partial charge in [0, 0.05) is 24.7 Å². The van der Waals surface area contributed by atoms with Crippen molar-refractivity contribution in [2.75, 3.05) is 25.0 Å². The summed E-state index contributed by atoms with van der Waals surface area (Å²) in [5, 5.41) is 10.3. The van der Waals surface area contributed by atoms with Crippen molar-refractivity contribution in [3.05, 3.63) is 71.5 Å². The molecule has 1 amide bonds. The van der Waals surface area contributed by atoms with E-state index in [-0.39, 0.29) is 12.0 Å². The lowest BCUT2D eigenvalue weighted by Crippen LogP contribution is -2.42. The van der Waals surface area contributed by atoms with Gasteiger partial charge >= 0.3 is 0 Å². The summed E-state index contributed by atoms with van der Waals surface area (Å²) in [4.78, 5) is 19.2. The molecule has 0 aliphatic carbocycles. The van der Waals surface area contributed by atoms with Crippen LogP contribution in [0.3, 0.4) is 0 Å². The molecule has 1 aliphatic rings. The number of carbonyl (C=O) groups excluding carboxylic acids is 1. The number of ether oxygens (including phenoxy) is 1. The summed E-state index contributed by atoms with van der Waals surface area (Å²) >= 11 is 0. The Hall–Kier alpha value is -3.19. The number of aromatic nitrogens is 3. The van der Waals surface area contributed by atoms with E-state index in [9.17, 15) is 4.79 Å². The number of nitrogens with zero attached hydrogens (tertiary/aromatic N) is 3. The predicted molar refractivity (Wildman–Crippen MR) is 111 cm³/mol. The van der Waals surface area contributed by atoms with Crippen molar-refractivity contribution in [3.8, 4) is 0 Å². The largest absolute Gasteiger partial charge is 0.368 e. The minimum Gasteiger partial charge on any atom is -0.368 e. The first-order valence-electron chi connectivity index (χ1n) is 9.87. The number of nitrogens with one attached hydrogen (secondary N) is 2. The number of aryl methyl sites for hydroxylation is 2. The Morgan fingerprint density at radius 3 is 2.86 bits per heavy atom. The molecule has 29 heavy (non-hydrogen) atoms. The molecule has 2 N–H and O–H groups in total. The van der Waals surface area contributed by atoms with Crippen LogP contribution in [0.1, 0.15) is 29.5 Å². The number of aromatic amines is 1. The highest BCUT2D eigenvalue weighted by molar-refractivity contribution is 5.76. The average molecular weight is 391 g/mol. The number of anilines is 2. The van der Waals surface area contributed by atoms with Crippen LogP contribution in [0.2, 0.25) is 0 Å². The molecular weight excluding hydrogens is 366 g/mol. The number of hydrogen-bond acceptors (Lipinski definition) is 5. The Kier molecular flexibility index (Phi) is 5.86. The molecule has 1 unspecified atom stereocenters. The molecule has 0 saturated carbocycles. The van der Waals surface area contributed by atoms with Crippen molar-refractivity contribution in [2.24, 2.45) is 0 Å². The molecule has 0 bridgehead atoms. The number of carbonyl (C=O) groups is 1. The second kappa shape index (κ2) is 8.87. The maximum atomic E-state index is 12.7. The molecule has 1 saturated heterocycles. The Balaban J connectivity index is 1.37. The molecule has 1 aromatic carbocycles. The summed E-state index contributed by atoms with van der Waals surface area (Å²) in [6, 6.07) is 17.8. The Morgan fingerprint density at radius 1 is 1.21 bits per heavy atom. The van der Waals surface area contributed by atoms with Crippen LogP contribution in [0.15, 0.2) is 54.6 Å². The molecule has 7 heteroatoms. The maximum absolute atomic E-state index is 12.7. The van der Waals surface area contributed by atoms with Gasteiger partial charge in [0.25, 0.3) is 0 Å². The number of pyridine rings is 1. The van der Waals surface area contributed by atoms with Gasteiger partial charge in [-0.05, 0) is 31.0 Å². The van der Waals surface area contributed by atoms with E-state index in [1.54, 1.807) is 0 Å². The summed E-state index contributed by atoms with van der Waals surface area (Å²) in [6.45, 7) is 3.60. The molecule has 7 nitrogen and oxygen atoms in total. The van der Waals surface area contributed by atoms with Crippen molar-refractivity contribution < 1.29 is 9.53 Å². The molecule has 1 atom stereocenters. The normalized spacial score (nSPS) is 16.6. The predicted octanol–water partition coefficient (Wildman–Crippen LogP) is 3.39. The van der Waals surface area contributed by atoms with Crippen molar-refractivity contribution in [3.63, 3.8) is 0 Å². The third-order valence-corrected chi connectivity index (χ3v) is 4.95. The highest BCUT2D eigenvalue weighted by atomic mass is 16.5. The monoisotopic (exact) mass is 391 g/mol. The molecule has 0 spiro atoms. The van der Waals surface area contributed by atoms with Crippen molar-refractivity contribution >= 4 is 17.5 Å². The van der Waals surface area contributed by atoms with Crippen LogP contribution in [0, 0.1) is 6.92 Å². The van der Waals surface area contributed by atoms with E-state index in [1.165, 1.54) is 5.56 Å². The summed E-state index contributed by atoms with van der Waals surface area (Å²) < 4.78 is 5.91. The van der Waals surface area contributed by atoms with Gasteiger partial charge in [-0.25, -0.2) is 4.98 Å². The van der Waals surface area contributed by atoms with Gasteiger partial charge in [-0.3, -0.25) is 9.89 Å². The van der Waals surface area contributed by atoms with E-state index in [1.807, 2.05) is 54.3 Å². The van der Waals surface area contributed by atoms with Gasteiger partial charge < -0.3 is 15.0 Å². The highest BCUT2D eigenvalue weighted by Crippen LogP contribution is 2.23. The Bertz CT molecular complexity index is 957. The van der Waals surface area contributed by atoms with Gasteiger partial charge in [-0.2, -0.15) is 5.10 Å². The van der Waals surface area contributed by atoms with Crippen LogP contribution >= 0.6 is 0 Å². The lowest BCUT2D eigenvalue weighted by Gasteiger charge is -2.33. The minimum absolute atomic E-state index is 0.156. The van der Waals surface area contributed by atoms with Crippen molar-refractivity contribution in [1.29, 1.82) is 0 Å². The fourth-order valence-corrected chi connectivity index (χ4v) is 3.42. The lowest BCUT2D eigenvalue weighted by molar-refractivity contribution is -0.139. The summed E-state index contributed by atoms with van der Waals surface area (Å²) in [5.41, 5.74) is 2.96. The van der Waals surface area contributed by atoms with Crippen LogP contribution in [-0.4, -0.2) is 45.7 Å². The van der Waals surface area contributed by atoms with Gasteiger partial charge in [0.1, 0.15) is 11.9 Å². The zero-order valence-corrected chi connectivity index (χ0v) is 16.5. The molecule has 1 fully saturated rings. The molecule has 0 radical (unpaired) electrons. The highest BCUT2D eigenvalue weighted by Gasteiger charge is 2.26. The number of benzene rings is 1. The fraction of sp³-hybridized carbons (Fsp3) is 0.318. The summed E-state index contributed by atoms with van der Waals surface area (Å²) in [5.74, 6) is 1.57. The van der Waals surface area contributed by atoms with E-state index in [2.05, 4.69) is 32.6 Å². The first kappa shape index (κ1) is 19.1. The number of morpholine rings is 1. The first-order valence-corrected chi connectivity index (χ1v) is 9.87. The Labute approximate surface area is 170 Å². The van der Waals surface area contributed by atoms with Crippen molar-refractivity contribution in [2.45, 2.75) is 25.9 Å². The SMILES string of the molecule is Cc1cc(Nc2cccc(C3CN(C(=O)CCc4ccccc4)CCO3)n2)n[nH]1. The molecule has 4 rings (SSSR count). The standard InChI is InChI=1S/C22H25N5O2/c1-16-14-21(26-25-16)24-20-9-5-8-18(23-20)19-15-27(12-13-29-19)22(28)11-10-17-6-3-2-4-7-17/h2-9,14,19H,10-13,15H2,1H3,(H2,23,24,25,26). The van der Waals surface area contributed by atoms with E-state index in [4.69, 9.17) is 4.74 Å². The molecule has 3 heterocycles. The third kappa shape index (κ3) is 5.00. The topological polar surface area (TPSA) is 83.1 Å². The van der Waals surface area contributed by atoms with Crippen LogP contribution in [0.25, 0.3) is 0 Å². The van der Waals surface area contributed by atoms with Crippen molar-refractivity contribution in [1.82, 2.24) is 20.1 Å². The summed E-state index contributed by atoms with van der Waals surface area (Å²) in [7, 11) is 0. The smallest absolute Gasteiger partial charge is 0.223 e. The van der Waals surface area contributed by atoms with Gasteiger partial charge in [-0.1, -0.05) is 36.4 Å².